The van der Waals surface area contributed by atoms with Crippen LogP contribution in [0.2, 0.25) is 0 Å². The van der Waals surface area contributed by atoms with E-state index in [9.17, 15) is 9.59 Å². The van der Waals surface area contributed by atoms with Crippen molar-refractivity contribution in [3.8, 4) is 0 Å². The van der Waals surface area contributed by atoms with Gasteiger partial charge in [-0.25, -0.2) is 4.79 Å². The maximum absolute atomic E-state index is 11.2. The number of amides is 2. The molecule has 0 bridgehead atoms. The number of urea groups is 1. The number of nitrogens with two attached hydrogens (primary N) is 1. The molecule has 5 N–H and O–H groups in total. The number of nitrogens with one attached hydrogen (secondary N) is 2. The van der Waals surface area contributed by atoms with Gasteiger partial charge in [-0.1, -0.05) is 13.3 Å². The third-order valence-electron chi connectivity index (χ3n) is 1.82. The van der Waals surface area contributed by atoms with Crippen LogP contribution in [0.5, 0.6) is 0 Å². The fourth-order valence-electron chi connectivity index (χ4n) is 1.21. The Hall–Kier alpha value is -1.30. The summed E-state index contributed by atoms with van der Waals surface area (Å²) >= 11 is 0. The standard InChI is InChI=1S/C9H19N3O3/c1-2-3-7(6-8(13)14)12-9(15)11-5-4-10/h7H,2-6,10H2,1H3,(H,13,14)(H2,11,12,15). The van der Waals surface area contributed by atoms with E-state index in [1.807, 2.05) is 6.92 Å². The summed E-state index contributed by atoms with van der Waals surface area (Å²) in [4.78, 5) is 21.7. The molecule has 0 aliphatic heterocycles. The van der Waals surface area contributed by atoms with Crippen LogP contribution in [0.3, 0.4) is 0 Å². The molecule has 0 aliphatic carbocycles. The Morgan fingerprint density at radius 1 is 1.47 bits per heavy atom. The van der Waals surface area contributed by atoms with Crippen molar-refractivity contribution < 1.29 is 14.7 Å². The molecular formula is C9H19N3O3. The molecule has 0 radical (unpaired) electrons. The van der Waals surface area contributed by atoms with Gasteiger partial charge in [-0.15, -0.1) is 0 Å². The summed E-state index contributed by atoms with van der Waals surface area (Å²) in [5.41, 5.74) is 5.21. The highest BCUT2D eigenvalue weighted by atomic mass is 16.4. The van der Waals surface area contributed by atoms with Crippen LogP contribution in [0.15, 0.2) is 0 Å². The molecule has 2 amide bonds. The van der Waals surface area contributed by atoms with Crippen LogP contribution in [0.25, 0.3) is 0 Å². The predicted octanol–water partition coefficient (Wildman–Crippen LogP) is -0.112. The number of carboxylic acid groups (broad SMARTS) is 1. The number of hydrogen-bond donors (Lipinski definition) is 4. The smallest absolute Gasteiger partial charge is 0.315 e. The first-order chi connectivity index (χ1) is 7.10. The molecule has 1 atom stereocenters. The van der Waals surface area contributed by atoms with E-state index in [0.717, 1.165) is 6.42 Å². The Morgan fingerprint density at radius 2 is 2.13 bits per heavy atom. The topological polar surface area (TPSA) is 104 Å². The van der Waals surface area contributed by atoms with Gasteiger partial charge in [0.05, 0.1) is 6.42 Å². The zero-order valence-electron chi connectivity index (χ0n) is 8.95. The maximum atomic E-state index is 11.2. The van der Waals surface area contributed by atoms with E-state index in [2.05, 4.69) is 10.6 Å². The number of carboxylic acids is 1. The largest absolute Gasteiger partial charge is 0.481 e. The first-order valence-corrected chi connectivity index (χ1v) is 5.06. The van der Waals surface area contributed by atoms with Crippen LogP contribution < -0.4 is 16.4 Å². The molecule has 0 rings (SSSR count). The number of carbonyl (C=O) groups excluding carboxylic acids is 1. The molecule has 0 aliphatic rings. The van der Waals surface area contributed by atoms with Crippen molar-refractivity contribution in [1.29, 1.82) is 0 Å². The second-order valence-electron chi connectivity index (χ2n) is 3.27. The molecule has 6 heteroatoms. The van der Waals surface area contributed by atoms with Gasteiger partial charge in [0.2, 0.25) is 0 Å². The lowest BCUT2D eigenvalue weighted by Crippen LogP contribution is -2.44. The van der Waals surface area contributed by atoms with Gasteiger partial charge in [-0.3, -0.25) is 4.79 Å². The number of hydrogen-bond acceptors (Lipinski definition) is 3. The summed E-state index contributed by atoms with van der Waals surface area (Å²) in [7, 11) is 0. The van der Waals surface area contributed by atoms with E-state index in [1.165, 1.54) is 0 Å². The van der Waals surface area contributed by atoms with Crippen molar-refractivity contribution in [2.75, 3.05) is 13.1 Å². The van der Waals surface area contributed by atoms with Crippen LogP contribution in [-0.2, 0) is 4.79 Å². The summed E-state index contributed by atoms with van der Waals surface area (Å²) in [6.45, 7) is 2.69. The lowest BCUT2D eigenvalue weighted by atomic mass is 10.1. The van der Waals surface area contributed by atoms with Crippen molar-refractivity contribution in [2.45, 2.75) is 32.2 Å². The van der Waals surface area contributed by atoms with E-state index in [-0.39, 0.29) is 18.5 Å². The Kier molecular flexibility index (Phi) is 7.35. The van der Waals surface area contributed by atoms with Crippen LogP contribution in [0, 0.1) is 0 Å². The Morgan fingerprint density at radius 3 is 2.60 bits per heavy atom. The number of aliphatic carboxylic acids is 1. The van der Waals surface area contributed by atoms with E-state index in [0.29, 0.717) is 19.5 Å². The van der Waals surface area contributed by atoms with E-state index in [1.54, 1.807) is 0 Å². The van der Waals surface area contributed by atoms with Crippen LogP contribution in [-0.4, -0.2) is 36.2 Å². The van der Waals surface area contributed by atoms with Crippen LogP contribution >= 0.6 is 0 Å². The van der Waals surface area contributed by atoms with Crippen molar-refractivity contribution in [2.24, 2.45) is 5.73 Å². The third kappa shape index (κ3) is 7.75. The summed E-state index contributed by atoms with van der Waals surface area (Å²) in [6, 6.07) is -0.676. The molecule has 88 valence electrons. The van der Waals surface area contributed by atoms with Crippen LogP contribution in [0.4, 0.5) is 4.79 Å². The molecule has 0 heterocycles. The molecule has 0 aromatic heterocycles. The normalized spacial score (nSPS) is 11.9. The Labute approximate surface area is 89.2 Å². The fraction of sp³-hybridized carbons (Fsp3) is 0.778. The van der Waals surface area contributed by atoms with Crippen molar-refractivity contribution in [3.63, 3.8) is 0 Å². The first-order valence-electron chi connectivity index (χ1n) is 5.06. The van der Waals surface area contributed by atoms with Crippen molar-refractivity contribution in [1.82, 2.24) is 10.6 Å². The second kappa shape index (κ2) is 8.05. The minimum Gasteiger partial charge on any atom is -0.481 e. The summed E-state index contributed by atoms with van der Waals surface area (Å²) < 4.78 is 0. The SMILES string of the molecule is CCCC(CC(=O)O)NC(=O)NCCN. The van der Waals surface area contributed by atoms with E-state index in [4.69, 9.17) is 10.8 Å². The molecule has 0 fully saturated rings. The Bertz CT molecular complexity index is 209. The highest BCUT2D eigenvalue weighted by Crippen LogP contribution is 2.01. The van der Waals surface area contributed by atoms with Gasteiger partial charge in [0, 0.05) is 19.1 Å². The average Bonchev–Trinajstić information content (AvgIpc) is 2.14. The summed E-state index contributed by atoms with van der Waals surface area (Å²) in [5.74, 6) is -0.910. The predicted molar refractivity (Wildman–Crippen MR) is 56.5 cm³/mol. The van der Waals surface area contributed by atoms with Gasteiger partial charge in [0.1, 0.15) is 0 Å². The third-order valence-corrected chi connectivity index (χ3v) is 1.82. The van der Waals surface area contributed by atoms with Gasteiger partial charge in [-0.05, 0) is 6.42 Å². The molecule has 15 heavy (non-hydrogen) atoms. The van der Waals surface area contributed by atoms with Crippen molar-refractivity contribution >= 4 is 12.0 Å². The second-order valence-corrected chi connectivity index (χ2v) is 3.27. The molecule has 6 nitrogen and oxygen atoms in total. The molecule has 0 saturated heterocycles. The molecular weight excluding hydrogens is 198 g/mol. The highest BCUT2D eigenvalue weighted by molar-refractivity contribution is 5.75. The lowest BCUT2D eigenvalue weighted by molar-refractivity contribution is -0.137. The van der Waals surface area contributed by atoms with Gasteiger partial charge in [0.25, 0.3) is 0 Å². The molecule has 0 aromatic rings. The molecule has 0 saturated carbocycles. The molecule has 0 aromatic carbocycles. The maximum Gasteiger partial charge on any atom is 0.315 e. The summed E-state index contributed by atoms with van der Waals surface area (Å²) in [5, 5.41) is 13.7. The van der Waals surface area contributed by atoms with Gasteiger partial charge >= 0.3 is 12.0 Å². The highest BCUT2D eigenvalue weighted by Gasteiger charge is 2.14. The van der Waals surface area contributed by atoms with Crippen LogP contribution in [0.1, 0.15) is 26.2 Å². The zero-order valence-corrected chi connectivity index (χ0v) is 8.95. The van der Waals surface area contributed by atoms with E-state index < -0.39 is 5.97 Å². The van der Waals surface area contributed by atoms with Gasteiger partial charge < -0.3 is 21.5 Å². The fourth-order valence-corrected chi connectivity index (χ4v) is 1.21. The van der Waals surface area contributed by atoms with E-state index >= 15 is 0 Å². The molecule has 1 unspecified atom stereocenters. The van der Waals surface area contributed by atoms with Crippen molar-refractivity contribution in [3.05, 3.63) is 0 Å². The zero-order chi connectivity index (χ0) is 11.7. The Balaban J connectivity index is 3.92. The average molecular weight is 217 g/mol. The van der Waals surface area contributed by atoms with Gasteiger partial charge in [0.15, 0.2) is 0 Å². The monoisotopic (exact) mass is 217 g/mol. The number of rotatable bonds is 7. The van der Waals surface area contributed by atoms with Gasteiger partial charge in [-0.2, -0.15) is 0 Å². The summed E-state index contributed by atoms with van der Waals surface area (Å²) in [6.07, 6.45) is 1.43. The number of carbonyl (C=O) groups is 2. The lowest BCUT2D eigenvalue weighted by Gasteiger charge is -2.16. The minimum atomic E-state index is -0.910. The first kappa shape index (κ1) is 13.7. The minimum absolute atomic E-state index is 0.0517. The quantitative estimate of drug-likeness (QED) is 0.477. The molecule has 0 spiro atoms.